The highest BCUT2D eigenvalue weighted by Gasteiger charge is 2.22. The van der Waals surface area contributed by atoms with Crippen LogP contribution in [0.4, 0.5) is 0 Å². The zero-order valence-electron chi connectivity index (χ0n) is 9.94. The standard InChI is InChI=1S/C13H18N2O/c1-10-4-3-5-13(14-10)12-6-8-15(9-7-12)11(2)16/h3-5,12H,6-9H2,1-2H3. The Labute approximate surface area is 96.5 Å². The van der Waals surface area contributed by atoms with Gasteiger partial charge in [0.15, 0.2) is 0 Å². The van der Waals surface area contributed by atoms with Crippen molar-refractivity contribution in [3.8, 4) is 0 Å². The Morgan fingerprint density at radius 1 is 1.38 bits per heavy atom. The fraction of sp³-hybridized carbons (Fsp3) is 0.538. The normalized spacial score (nSPS) is 17.5. The molecule has 86 valence electrons. The molecule has 3 heteroatoms. The molecule has 1 aliphatic rings. The summed E-state index contributed by atoms with van der Waals surface area (Å²) in [5.41, 5.74) is 2.26. The molecular formula is C13H18N2O. The van der Waals surface area contributed by atoms with Crippen LogP contribution in [0.15, 0.2) is 18.2 Å². The average molecular weight is 218 g/mol. The first-order valence-corrected chi connectivity index (χ1v) is 5.86. The van der Waals surface area contributed by atoms with Gasteiger partial charge in [-0.05, 0) is 31.9 Å². The van der Waals surface area contributed by atoms with Crippen LogP contribution in [0, 0.1) is 6.92 Å². The van der Waals surface area contributed by atoms with E-state index in [0.717, 1.165) is 31.6 Å². The monoisotopic (exact) mass is 218 g/mol. The number of piperidine rings is 1. The Morgan fingerprint density at radius 3 is 2.62 bits per heavy atom. The summed E-state index contributed by atoms with van der Waals surface area (Å²) in [6.45, 7) is 5.41. The van der Waals surface area contributed by atoms with Gasteiger partial charge < -0.3 is 4.90 Å². The average Bonchev–Trinajstić information content (AvgIpc) is 2.29. The van der Waals surface area contributed by atoms with E-state index in [1.54, 1.807) is 6.92 Å². The van der Waals surface area contributed by atoms with E-state index in [1.165, 1.54) is 5.69 Å². The molecule has 0 aliphatic carbocycles. The first-order chi connectivity index (χ1) is 7.66. The molecule has 0 spiro atoms. The van der Waals surface area contributed by atoms with E-state index in [2.05, 4.69) is 17.1 Å². The number of aromatic nitrogens is 1. The van der Waals surface area contributed by atoms with Crippen LogP contribution < -0.4 is 0 Å². The van der Waals surface area contributed by atoms with E-state index < -0.39 is 0 Å². The molecule has 2 heterocycles. The third kappa shape index (κ3) is 2.40. The Kier molecular flexibility index (Phi) is 3.22. The number of carbonyl (C=O) groups is 1. The fourth-order valence-electron chi connectivity index (χ4n) is 2.28. The van der Waals surface area contributed by atoms with Gasteiger partial charge in [-0.15, -0.1) is 0 Å². The summed E-state index contributed by atoms with van der Waals surface area (Å²) < 4.78 is 0. The zero-order valence-corrected chi connectivity index (χ0v) is 9.94. The van der Waals surface area contributed by atoms with Gasteiger partial charge in [-0.3, -0.25) is 9.78 Å². The van der Waals surface area contributed by atoms with Crippen molar-refractivity contribution in [3.05, 3.63) is 29.6 Å². The van der Waals surface area contributed by atoms with Crippen molar-refractivity contribution in [2.24, 2.45) is 0 Å². The van der Waals surface area contributed by atoms with Crippen LogP contribution in [0.2, 0.25) is 0 Å². The number of carbonyl (C=O) groups excluding carboxylic acids is 1. The maximum absolute atomic E-state index is 11.2. The topological polar surface area (TPSA) is 33.2 Å². The van der Waals surface area contributed by atoms with Crippen LogP contribution in [0.5, 0.6) is 0 Å². The molecule has 1 fully saturated rings. The Bertz CT molecular complexity index is 381. The van der Waals surface area contributed by atoms with E-state index >= 15 is 0 Å². The van der Waals surface area contributed by atoms with Gasteiger partial charge in [-0.1, -0.05) is 6.07 Å². The number of amides is 1. The largest absolute Gasteiger partial charge is 0.343 e. The number of pyridine rings is 1. The van der Waals surface area contributed by atoms with Gasteiger partial charge in [0.25, 0.3) is 0 Å². The van der Waals surface area contributed by atoms with Gasteiger partial charge in [-0.2, -0.15) is 0 Å². The second-order valence-corrected chi connectivity index (χ2v) is 4.48. The molecule has 3 nitrogen and oxygen atoms in total. The van der Waals surface area contributed by atoms with Crippen LogP contribution in [0.25, 0.3) is 0 Å². The lowest BCUT2D eigenvalue weighted by molar-refractivity contribution is -0.129. The summed E-state index contributed by atoms with van der Waals surface area (Å²) in [4.78, 5) is 17.7. The maximum atomic E-state index is 11.2. The van der Waals surface area contributed by atoms with Gasteiger partial charge in [0.2, 0.25) is 5.91 Å². The third-order valence-corrected chi connectivity index (χ3v) is 3.27. The third-order valence-electron chi connectivity index (χ3n) is 3.27. The molecule has 0 bridgehead atoms. The van der Waals surface area contributed by atoms with Crippen molar-refractivity contribution in [1.82, 2.24) is 9.88 Å². The SMILES string of the molecule is CC(=O)N1CCC(c2cccc(C)n2)CC1. The van der Waals surface area contributed by atoms with Crippen LogP contribution >= 0.6 is 0 Å². The Morgan fingerprint density at radius 2 is 2.06 bits per heavy atom. The van der Waals surface area contributed by atoms with Crippen molar-refractivity contribution >= 4 is 5.91 Å². The van der Waals surface area contributed by atoms with E-state index in [4.69, 9.17) is 0 Å². The molecule has 0 unspecified atom stereocenters. The van der Waals surface area contributed by atoms with Crippen molar-refractivity contribution in [1.29, 1.82) is 0 Å². The fourth-order valence-corrected chi connectivity index (χ4v) is 2.28. The van der Waals surface area contributed by atoms with Crippen LogP contribution in [0.3, 0.4) is 0 Å². The lowest BCUT2D eigenvalue weighted by atomic mass is 9.93. The second-order valence-electron chi connectivity index (χ2n) is 4.48. The quantitative estimate of drug-likeness (QED) is 0.723. The second kappa shape index (κ2) is 4.64. The molecule has 1 aromatic heterocycles. The van der Waals surface area contributed by atoms with Crippen LogP contribution in [-0.2, 0) is 4.79 Å². The molecule has 0 aromatic carbocycles. The molecule has 1 amide bonds. The first-order valence-electron chi connectivity index (χ1n) is 5.86. The minimum atomic E-state index is 0.190. The van der Waals surface area contributed by atoms with E-state index in [9.17, 15) is 4.79 Å². The highest BCUT2D eigenvalue weighted by atomic mass is 16.2. The number of hydrogen-bond donors (Lipinski definition) is 0. The zero-order chi connectivity index (χ0) is 11.5. The Balaban J connectivity index is 2.01. The molecule has 1 saturated heterocycles. The summed E-state index contributed by atoms with van der Waals surface area (Å²) in [5.74, 6) is 0.714. The van der Waals surface area contributed by atoms with Crippen molar-refractivity contribution in [2.75, 3.05) is 13.1 Å². The molecule has 16 heavy (non-hydrogen) atoms. The number of nitrogens with zero attached hydrogens (tertiary/aromatic N) is 2. The molecule has 0 atom stereocenters. The number of aryl methyl sites for hydroxylation is 1. The lowest BCUT2D eigenvalue weighted by Crippen LogP contribution is -2.36. The van der Waals surface area contributed by atoms with E-state index in [0.29, 0.717) is 5.92 Å². The molecule has 0 saturated carbocycles. The first kappa shape index (κ1) is 11.1. The minimum Gasteiger partial charge on any atom is -0.343 e. The van der Waals surface area contributed by atoms with E-state index in [-0.39, 0.29) is 5.91 Å². The van der Waals surface area contributed by atoms with Crippen molar-refractivity contribution in [3.63, 3.8) is 0 Å². The highest BCUT2D eigenvalue weighted by molar-refractivity contribution is 5.73. The summed E-state index contributed by atoms with van der Waals surface area (Å²) in [6, 6.07) is 6.18. The van der Waals surface area contributed by atoms with Gasteiger partial charge >= 0.3 is 0 Å². The van der Waals surface area contributed by atoms with Crippen LogP contribution in [-0.4, -0.2) is 28.9 Å². The maximum Gasteiger partial charge on any atom is 0.219 e. The van der Waals surface area contributed by atoms with Crippen molar-refractivity contribution < 1.29 is 4.79 Å². The minimum absolute atomic E-state index is 0.190. The van der Waals surface area contributed by atoms with Gasteiger partial charge in [0, 0.05) is 37.3 Å². The molecule has 0 radical (unpaired) electrons. The number of likely N-dealkylation sites (tertiary alicyclic amines) is 1. The summed E-state index contributed by atoms with van der Waals surface area (Å²) in [7, 11) is 0. The van der Waals surface area contributed by atoms with E-state index in [1.807, 2.05) is 17.9 Å². The molecular weight excluding hydrogens is 200 g/mol. The summed E-state index contributed by atoms with van der Waals surface area (Å²) >= 11 is 0. The van der Waals surface area contributed by atoms with Gasteiger partial charge in [0.05, 0.1) is 0 Å². The molecule has 1 aliphatic heterocycles. The van der Waals surface area contributed by atoms with Gasteiger partial charge in [0.1, 0.15) is 0 Å². The highest BCUT2D eigenvalue weighted by Crippen LogP contribution is 2.26. The predicted molar refractivity (Wildman–Crippen MR) is 63.2 cm³/mol. The number of hydrogen-bond acceptors (Lipinski definition) is 2. The van der Waals surface area contributed by atoms with Crippen LogP contribution in [0.1, 0.15) is 37.1 Å². The summed E-state index contributed by atoms with van der Waals surface area (Å²) in [5, 5.41) is 0. The summed E-state index contributed by atoms with van der Waals surface area (Å²) in [6.07, 6.45) is 2.08. The predicted octanol–water partition coefficient (Wildman–Crippen LogP) is 2.12. The smallest absolute Gasteiger partial charge is 0.219 e. The Hall–Kier alpha value is -1.38. The molecule has 2 rings (SSSR count). The number of rotatable bonds is 1. The lowest BCUT2D eigenvalue weighted by Gasteiger charge is -2.31. The van der Waals surface area contributed by atoms with Gasteiger partial charge in [-0.25, -0.2) is 0 Å². The van der Waals surface area contributed by atoms with Crippen molar-refractivity contribution in [2.45, 2.75) is 32.6 Å². The molecule has 1 aromatic rings. The molecule has 0 N–H and O–H groups in total.